The molecule has 0 aliphatic rings. The molecule has 0 saturated carbocycles. The molecule has 0 radical (unpaired) electrons. The molecule has 0 saturated heterocycles. The monoisotopic (exact) mass is 304 g/mol. The number of carbonyl (C=O) groups is 1. The highest BCUT2D eigenvalue weighted by atomic mass is 127. The lowest BCUT2D eigenvalue weighted by Gasteiger charge is -2.21. The van der Waals surface area contributed by atoms with Crippen LogP contribution in [0.5, 0.6) is 0 Å². The Kier molecular flexibility index (Phi) is 3.19. The second-order valence-corrected chi connectivity index (χ2v) is 5.49. The number of aromatic carboxylic acids is 1. The predicted octanol–water partition coefficient (Wildman–Crippen LogP) is 3.29. The first-order valence-corrected chi connectivity index (χ1v) is 5.43. The molecular formula is C11H13IO2. The molecule has 14 heavy (non-hydrogen) atoms. The van der Waals surface area contributed by atoms with Gasteiger partial charge in [0.15, 0.2) is 0 Å². The number of rotatable bonds is 1. The van der Waals surface area contributed by atoms with E-state index in [1.54, 1.807) is 6.07 Å². The summed E-state index contributed by atoms with van der Waals surface area (Å²) in [5.74, 6) is -0.853. The van der Waals surface area contributed by atoms with Crippen LogP contribution in [0.3, 0.4) is 0 Å². The van der Waals surface area contributed by atoms with Gasteiger partial charge >= 0.3 is 5.97 Å². The van der Waals surface area contributed by atoms with Gasteiger partial charge in [-0.25, -0.2) is 4.79 Å². The van der Waals surface area contributed by atoms with E-state index in [9.17, 15) is 4.79 Å². The number of hydrogen-bond donors (Lipinski definition) is 1. The van der Waals surface area contributed by atoms with Gasteiger partial charge in [-0.3, -0.25) is 0 Å². The topological polar surface area (TPSA) is 37.3 Å². The Hall–Kier alpha value is -0.580. The van der Waals surface area contributed by atoms with E-state index in [-0.39, 0.29) is 5.41 Å². The molecule has 3 heteroatoms. The van der Waals surface area contributed by atoms with Gasteiger partial charge in [0.05, 0.1) is 5.56 Å². The average Bonchev–Trinajstić information content (AvgIpc) is 2.01. The molecule has 0 atom stereocenters. The number of carboxylic acids is 1. The minimum Gasteiger partial charge on any atom is -0.478 e. The van der Waals surface area contributed by atoms with Crippen LogP contribution in [0.1, 0.15) is 36.7 Å². The van der Waals surface area contributed by atoms with Crippen molar-refractivity contribution in [1.29, 1.82) is 0 Å². The van der Waals surface area contributed by atoms with Crippen molar-refractivity contribution in [2.75, 3.05) is 0 Å². The Morgan fingerprint density at radius 3 is 2.36 bits per heavy atom. The highest BCUT2D eigenvalue weighted by molar-refractivity contribution is 14.1. The highest BCUT2D eigenvalue weighted by Gasteiger charge is 2.21. The predicted molar refractivity (Wildman–Crippen MR) is 64.8 cm³/mol. The van der Waals surface area contributed by atoms with Crippen LogP contribution in [-0.2, 0) is 5.41 Å². The van der Waals surface area contributed by atoms with Crippen LogP contribution in [-0.4, -0.2) is 11.1 Å². The van der Waals surface area contributed by atoms with Crippen LogP contribution in [0, 0.1) is 3.57 Å². The van der Waals surface area contributed by atoms with Gasteiger partial charge in [0.2, 0.25) is 0 Å². The average molecular weight is 304 g/mol. The fraction of sp³-hybridized carbons (Fsp3) is 0.364. The van der Waals surface area contributed by atoms with Crippen molar-refractivity contribution in [2.24, 2.45) is 0 Å². The highest BCUT2D eigenvalue weighted by Crippen LogP contribution is 2.27. The molecule has 2 nitrogen and oxygen atoms in total. The van der Waals surface area contributed by atoms with Gasteiger partial charge in [0, 0.05) is 3.57 Å². The summed E-state index contributed by atoms with van der Waals surface area (Å²) in [5.41, 5.74) is 1.16. The van der Waals surface area contributed by atoms with Crippen molar-refractivity contribution in [3.05, 3.63) is 32.9 Å². The number of benzene rings is 1. The molecule has 0 aliphatic heterocycles. The van der Waals surface area contributed by atoms with Crippen molar-refractivity contribution >= 4 is 28.6 Å². The summed E-state index contributed by atoms with van der Waals surface area (Å²) in [6.45, 7) is 6.05. The molecule has 1 N–H and O–H groups in total. The maximum absolute atomic E-state index is 11.0. The van der Waals surface area contributed by atoms with Gasteiger partial charge < -0.3 is 5.11 Å². The second-order valence-electron chi connectivity index (χ2n) is 4.25. The summed E-state index contributed by atoms with van der Waals surface area (Å²) in [6, 6.07) is 5.54. The zero-order valence-corrected chi connectivity index (χ0v) is 10.6. The van der Waals surface area contributed by atoms with Crippen molar-refractivity contribution in [3.63, 3.8) is 0 Å². The standard InChI is InChI=1S/C11H13IO2/c1-11(2,3)9-5-4-7(12)6-8(9)10(13)14/h4-6H,1-3H3,(H,13,14). The van der Waals surface area contributed by atoms with Crippen LogP contribution >= 0.6 is 22.6 Å². The molecule has 0 spiro atoms. The number of halogens is 1. The molecule has 0 heterocycles. The summed E-state index contributed by atoms with van der Waals surface area (Å²) in [6.07, 6.45) is 0. The summed E-state index contributed by atoms with van der Waals surface area (Å²) in [4.78, 5) is 11.0. The van der Waals surface area contributed by atoms with Crippen LogP contribution in [0.25, 0.3) is 0 Å². The van der Waals surface area contributed by atoms with E-state index in [2.05, 4.69) is 22.6 Å². The van der Waals surface area contributed by atoms with E-state index in [4.69, 9.17) is 5.11 Å². The molecule has 1 aromatic rings. The van der Waals surface area contributed by atoms with Crippen LogP contribution in [0.2, 0.25) is 0 Å². The zero-order chi connectivity index (χ0) is 10.9. The second kappa shape index (κ2) is 3.88. The molecular weight excluding hydrogens is 291 g/mol. The molecule has 0 aliphatic carbocycles. The van der Waals surface area contributed by atoms with Crippen molar-refractivity contribution in [3.8, 4) is 0 Å². The SMILES string of the molecule is CC(C)(C)c1ccc(I)cc1C(=O)O. The van der Waals surface area contributed by atoms with Crippen molar-refractivity contribution < 1.29 is 9.90 Å². The molecule has 1 aromatic carbocycles. The quantitative estimate of drug-likeness (QED) is 0.808. The fourth-order valence-electron chi connectivity index (χ4n) is 1.35. The minimum absolute atomic E-state index is 0.127. The third-order valence-corrected chi connectivity index (χ3v) is 2.69. The van der Waals surface area contributed by atoms with E-state index < -0.39 is 5.97 Å². The van der Waals surface area contributed by atoms with E-state index in [1.807, 2.05) is 32.9 Å². The van der Waals surface area contributed by atoms with Crippen molar-refractivity contribution in [2.45, 2.75) is 26.2 Å². The molecule has 0 aromatic heterocycles. The van der Waals surface area contributed by atoms with Gasteiger partial charge in [0.1, 0.15) is 0 Å². The first kappa shape index (κ1) is 11.5. The molecule has 0 unspecified atom stereocenters. The van der Waals surface area contributed by atoms with Gasteiger partial charge in [-0.2, -0.15) is 0 Å². The van der Waals surface area contributed by atoms with Crippen molar-refractivity contribution in [1.82, 2.24) is 0 Å². The Labute approximate surface area is 97.5 Å². The van der Waals surface area contributed by atoms with Gasteiger partial charge in [0.25, 0.3) is 0 Å². The maximum Gasteiger partial charge on any atom is 0.336 e. The van der Waals surface area contributed by atoms with E-state index in [0.717, 1.165) is 9.13 Å². The van der Waals surface area contributed by atoms with Gasteiger partial charge in [-0.1, -0.05) is 26.8 Å². The molecule has 76 valence electrons. The third kappa shape index (κ3) is 2.47. The van der Waals surface area contributed by atoms with Gasteiger partial charge in [-0.15, -0.1) is 0 Å². The fourth-order valence-corrected chi connectivity index (χ4v) is 1.84. The molecule has 0 amide bonds. The Balaban J connectivity index is 3.37. The zero-order valence-electron chi connectivity index (χ0n) is 8.47. The van der Waals surface area contributed by atoms with Crippen LogP contribution in [0.15, 0.2) is 18.2 Å². The summed E-state index contributed by atoms with van der Waals surface area (Å²) in [7, 11) is 0. The molecule has 0 fully saturated rings. The van der Waals surface area contributed by atoms with E-state index in [0.29, 0.717) is 5.56 Å². The van der Waals surface area contributed by atoms with Gasteiger partial charge in [-0.05, 0) is 45.7 Å². The number of hydrogen-bond acceptors (Lipinski definition) is 1. The smallest absolute Gasteiger partial charge is 0.336 e. The lowest BCUT2D eigenvalue weighted by molar-refractivity contribution is 0.0694. The molecule has 1 rings (SSSR count). The first-order valence-electron chi connectivity index (χ1n) is 4.35. The Morgan fingerprint density at radius 1 is 1.36 bits per heavy atom. The Bertz CT molecular complexity index is 364. The Morgan fingerprint density at radius 2 is 1.93 bits per heavy atom. The minimum atomic E-state index is -0.853. The lowest BCUT2D eigenvalue weighted by atomic mass is 9.84. The van der Waals surface area contributed by atoms with Crippen LogP contribution in [0.4, 0.5) is 0 Å². The largest absolute Gasteiger partial charge is 0.478 e. The van der Waals surface area contributed by atoms with E-state index in [1.165, 1.54) is 0 Å². The maximum atomic E-state index is 11.0. The third-order valence-electron chi connectivity index (χ3n) is 2.02. The van der Waals surface area contributed by atoms with Crippen LogP contribution < -0.4 is 0 Å². The lowest BCUT2D eigenvalue weighted by Crippen LogP contribution is -2.16. The molecule has 0 bridgehead atoms. The van der Waals surface area contributed by atoms with E-state index >= 15 is 0 Å². The summed E-state index contributed by atoms with van der Waals surface area (Å²) < 4.78 is 0.952. The summed E-state index contributed by atoms with van der Waals surface area (Å²) >= 11 is 2.12. The number of carboxylic acid groups (broad SMARTS) is 1. The summed E-state index contributed by atoms with van der Waals surface area (Å²) in [5, 5.41) is 9.05. The first-order chi connectivity index (χ1) is 6.32. The normalized spacial score (nSPS) is 11.4.